The molecule has 2 N–H and O–H groups in total. The van der Waals surface area contributed by atoms with Crippen LogP contribution in [0, 0.1) is 11.6 Å². The molecule has 0 radical (unpaired) electrons. The Morgan fingerprint density at radius 1 is 1.31 bits per heavy atom. The fourth-order valence-electron chi connectivity index (χ4n) is 1.98. The molecule has 0 unspecified atom stereocenters. The van der Waals surface area contributed by atoms with E-state index < -0.39 is 44.4 Å². The monoisotopic (exact) mass is 451 g/mol. The van der Waals surface area contributed by atoms with Crippen LogP contribution in [0.3, 0.4) is 0 Å². The molecular formula is C14H12BrF2N3O5S. The summed E-state index contributed by atoms with van der Waals surface area (Å²) >= 11 is 3.05. The lowest BCUT2D eigenvalue weighted by molar-refractivity contribution is 0.0537. The number of anilines is 2. The zero-order valence-corrected chi connectivity index (χ0v) is 15.7. The number of rotatable bonds is 5. The van der Waals surface area contributed by atoms with Gasteiger partial charge < -0.3 is 5.32 Å². The summed E-state index contributed by atoms with van der Waals surface area (Å²) in [6, 6.07) is 3.75. The average molecular weight is 452 g/mol. The highest BCUT2D eigenvalue weighted by Crippen LogP contribution is 2.26. The maximum atomic E-state index is 14.5. The van der Waals surface area contributed by atoms with Crippen LogP contribution in [0.4, 0.5) is 20.2 Å². The number of benzene rings is 1. The minimum atomic E-state index is -4.20. The molecule has 0 saturated carbocycles. The number of amides is 1. The normalized spacial score (nSPS) is 11.3. The number of aromatic nitrogens is 1. The number of carbonyl (C=O) groups is 1. The largest absolute Gasteiger partial charge is 0.350 e. The lowest BCUT2D eigenvalue weighted by Crippen LogP contribution is -2.33. The summed E-state index contributed by atoms with van der Waals surface area (Å²) in [5, 5.41) is 2.30. The van der Waals surface area contributed by atoms with Crippen molar-refractivity contribution in [2.24, 2.45) is 0 Å². The summed E-state index contributed by atoms with van der Waals surface area (Å²) < 4.78 is 52.3. The van der Waals surface area contributed by atoms with Crippen LogP contribution in [-0.4, -0.2) is 31.7 Å². The highest BCUT2D eigenvalue weighted by molar-refractivity contribution is 9.10. The van der Waals surface area contributed by atoms with E-state index in [1.165, 1.54) is 12.1 Å². The van der Waals surface area contributed by atoms with Gasteiger partial charge in [0.15, 0.2) is 0 Å². The predicted molar refractivity (Wildman–Crippen MR) is 92.8 cm³/mol. The standard InChI is InChI=1S/C14H12BrF2N3O5S/c1-25-19-13(21)8-6-20(26(2,23)24)14(22)11(17)12(8)18-10-4-3-7(15)5-9(10)16/h3-6,18H,1-2H3,(H,19,21). The van der Waals surface area contributed by atoms with Gasteiger partial charge in [-0.15, -0.1) is 0 Å². The van der Waals surface area contributed by atoms with Crippen LogP contribution >= 0.6 is 15.9 Å². The smallest absolute Gasteiger partial charge is 0.302 e. The van der Waals surface area contributed by atoms with Crippen molar-refractivity contribution in [3.63, 3.8) is 0 Å². The molecule has 0 atom stereocenters. The molecule has 1 amide bonds. The zero-order valence-electron chi connectivity index (χ0n) is 13.3. The van der Waals surface area contributed by atoms with Gasteiger partial charge in [0.25, 0.3) is 5.91 Å². The Balaban J connectivity index is 2.72. The van der Waals surface area contributed by atoms with Crippen molar-refractivity contribution in [1.29, 1.82) is 0 Å². The third-order valence-corrected chi connectivity index (χ3v) is 4.59. The van der Waals surface area contributed by atoms with Gasteiger partial charge >= 0.3 is 5.56 Å². The molecule has 0 aliphatic carbocycles. The molecule has 2 rings (SSSR count). The molecule has 0 spiro atoms. The van der Waals surface area contributed by atoms with E-state index in [-0.39, 0.29) is 9.66 Å². The lowest BCUT2D eigenvalue weighted by Gasteiger charge is -2.15. The average Bonchev–Trinajstić information content (AvgIpc) is 2.53. The summed E-state index contributed by atoms with van der Waals surface area (Å²) in [6.45, 7) is 0. The second kappa shape index (κ2) is 7.51. The molecule has 8 nitrogen and oxygen atoms in total. The van der Waals surface area contributed by atoms with Gasteiger partial charge in [0.2, 0.25) is 15.8 Å². The molecule has 1 aromatic carbocycles. The van der Waals surface area contributed by atoms with Gasteiger partial charge in [-0.05, 0) is 18.2 Å². The third-order valence-electron chi connectivity index (χ3n) is 3.11. The van der Waals surface area contributed by atoms with E-state index >= 15 is 0 Å². The minimum Gasteiger partial charge on any atom is -0.350 e. The van der Waals surface area contributed by atoms with Crippen LogP contribution in [0.15, 0.2) is 33.7 Å². The summed E-state index contributed by atoms with van der Waals surface area (Å²) in [5.74, 6) is -3.44. The first-order valence-electron chi connectivity index (χ1n) is 6.77. The Morgan fingerprint density at radius 2 is 1.96 bits per heavy atom. The van der Waals surface area contributed by atoms with Gasteiger partial charge in [-0.1, -0.05) is 15.9 Å². The predicted octanol–water partition coefficient (Wildman–Crippen LogP) is 1.73. The first-order valence-corrected chi connectivity index (χ1v) is 9.41. The molecule has 26 heavy (non-hydrogen) atoms. The maximum Gasteiger partial charge on any atom is 0.302 e. The van der Waals surface area contributed by atoms with E-state index in [1.54, 1.807) is 0 Å². The fraction of sp³-hybridized carbons (Fsp3) is 0.143. The molecule has 0 aliphatic rings. The number of hydrogen-bond donors (Lipinski definition) is 2. The van der Waals surface area contributed by atoms with E-state index in [1.807, 2.05) is 5.48 Å². The number of nitrogens with one attached hydrogen (secondary N) is 2. The van der Waals surface area contributed by atoms with Crippen LogP contribution in [-0.2, 0) is 14.9 Å². The number of hydrogen-bond acceptors (Lipinski definition) is 6. The summed E-state index contributed by atoms with van der Waals surface area (Å²) in [6.07, 6.45) is 1.28. The Bertz CT molecular complexity index is 1040. The molecular weight excluding hydrogens is 440 g/mol. The van der Waals surface area contributed by atoms with Gasteiger partial charge in [0.1, 0.15) is 5.82 Å². The SMILES string of the molecule is CONC(=O)c1cn(S(C)(=O)=O)c(=O)c(F)c1Nc1ccc(Br)cc1F. The molecule has 1 heterocycles. The summed E-state index contributed by atoms with van der Waals surface area (Å²) in [5.41, 5.74) is -1.18. The number of halogens is 3. The van der Waals surface area contributed by atoms with Gasteiger partial charge in [0.05, 0.1) is 30.3 Å². The van der Waals surface area contributed by atoms with E-state index in [4.69, 9.17) is 0 Å². The van der Waals surface area contributed by atoms with Crippen LogP contribution in [0.5, 0.6) is 0 Å². The first-order chi connectivity index (χ1) is 12.1. The maximum absolute atomic E-state index is 14.5. The Labute approximate surface area is 154 Å². The van der Waals surface area contributed by atoms with Gasteiger partial charge in [-0.25, -0.2) is 22.3 Å². The topological polar surface area (TPSA) is 106 Å². The van der Waals surface area contributed by atoms with Crippen molar-refractivity contribution >= 4 is 43.2 Å². The fourth-order valence-corrected chi connectivity index (χ4v) is 2.99. The Hall–Kier alpha value is -2.31. The molecule has 0 bridgehead atoms. The summed E-state index contributed by atoms with van der Waals surface area (Å²) in [4.78, 5) is 28.5. The van der Waals surface area contributed by atoms with E-state index in [0.29, 0.717) is 16.9 Å². The van der Waals surface area contributed by atoms with Crippen LogP contribution < -0.4 is 16.4 Å². The summed E-state index contributed by atoms with van der Waals surface area (Å²) in [7, 11) is -3.10. The quantitative estimate of drug-likeness (QED) is 0.670. The molecule has 0 aliphatic heterocycles. The number of nitrogens with zero attached hydrogens (tertiary/aromatic N) is 1. The molecule has 12 heteroatoms. The molecule has 2 aromatic rings. The number of hydroxylamine groups is 1. The highest BCUT2D eigenvalue weighted by Gasteiger charge is 2.24. The number of pyridine rings is 1. The first kappa shape index (κ1) is 20.0. The lowest BCUT2D eigenvalue weighted by atomic mass is 10.2. The van der Waals surface area contributed by atoms with E-state index in [0.717, 1.165) is 13.2 Å². The van der Waals surface area contributed by atoms with Gasteiger partial charge in [-0.3, -0.25) is 14.4 Å². The van der Waals surface area contributed by atoms with Crippen molar-refractivity contribution in [3.05, 3.63) is 56.4 Å². The highest BCUT2D eigenvalue weighted by atomic mass is 79.9. The zero-order chi connectivity index (χ0) is 19.6. The van der Waals surface area contributed by atoms with Crippen LogP contribution in [0.2, 0.25) is 0 Å². The van der Waals surface area contributed by atoms with Crippen LogP contribution in [0.1, 0.15) is 10.4 Å². The van der Waals surface area contributed by atoms with Crippen LogP contribution in [0.25, 0.3) is 0 Å². The second-order valence-corrected chi connectivity index (χ2v) is 7.76. The van der Waals surface area contributed by atoms with E-state index in [9.17, 15) is 26.8 Å². The van der Waals surface area contributed by atoms with Crippen molar-refractivity contribution in [3.8, 4) is 0 Å². The molecule has 1 aromatic heterocycles. The van der Waals surface area contributed by atoms with Gasteiger partial charge in [-0.2, -0.15) is 4.39 Å². The Kier molecular flexibility index (Phi) is 5.78. The second-order valence-electron chi connectivity index (χ2n) is 4.98. The van der Waals surface area contributed by atoms with Crippen molar-refractivity contribution in [1.82, 2.24) is 9.45 Å². The molecule has 0 saturated heterocycles. The van der Waals surface area contributed by atoms with E-state index in [2.05, 4.69) is 26.1 Å². The Morgan fingerprint density at radius 3 is 2.50 bits per heavy atom. The van der Waals surface area contributed by atoms with Crippen molar-refractivity contribution < 1.29 is 26.8 Å². The van der Waals surface area contributed by atoms with Crippen molar-refractivity contribution in [2.45, 2.75) is 0 Å². The van der Waals surface area contributed by atoms with Crippen molar-refractivity contribution in [2.75, 3.05) is 18.7 Å². The third kappa shape index (κ3) is 4.08. The molecule has 0 fully saturated rings. The number of carbonyl (C=O) groups excluding carboxylic acids is 1. The van der Waals surface area contributed by atoms with Gasteiger partial charge in [0, 0.05) is 10.7 Å². The minimum absolute atomic E-state index is 0.0655. The molecule has 140 valence electrons.